The minimum atomic E-state index is -0.651. The van der Waals surface area contributed by atoms with E-state index in [4.69, 9.17) is 5.26 Å². The van der Waals surface area contributed by atoms with Gasteiger partial charge in [0, 0.05) is 5.69 Å². The lowest BCUT2D eigenvalue weighted by Crippen LogP contribution is -2.22. The first kappa shape index (κ1) is 14.5. The van der Waals surface area contributed by atoms with Gasteiger partial charge in [-0.3, -0.25) is 4.79 Å². The van der Waals surface area contributed by atoms with Crippen molar-refractivity contribution in [3.05, 3.63) is 59.7 Å². The summed E-state index contributed by atoms with van der Waals surface area (Å²) in [6.07, 6.45) is 0. The van der Waals surface area contributed by atoms with E-state index in [0.29, 0.717) is 5.69 Å². The number of benzene rings is 2. The van der Waals surface area contributed by atoms with E-state index in [1.54, 1.807) is 6.07 Å². The highest BCUT2D eigenvalue weighted by molar-refractivity contribution is 5.93. The minimum absolute atomic E-state index is 0.143. The summed E-state index contributed by atoms with van der Waals surface area (Å²) in [6, 6.07) is 11.2. The van der Waals surface area contributed by atoms with Crippen molar-refractivity contribution < 1.29 is 13.6 Å². The lowest BCUT2D eigenvalue weighted by Gasteiger charge is -2.09. The second kappa shape index (κ2) is 6.48. The molecule has 0 radical (unpaired) electrons. The zero-order valence-electron chi connectivity index (χ0n) is 10.9. The van der Waals surface area contributed by atoms with Crippen LogP contribution in [0, 0.1) is 23.0 Å². The molecular formula is C15H11F2N3O. The molecule has 106 valence electrons. The summed E-state index contributed by atoms with van der Waals surface area (Å²) < 4.78 is 26.1. The second-order valence-corrected chi connectivity index (χ2v) is 4.18. The summed E-state index contributed by atoms with van der Waals surface area (Å²) in [7, 11) is 0. The number of nitriles is 1. The fourth-order valence-electron chi connectivity index (χ4n) is 1.70. The molecule has 0 saturated carbocycles. The van der Waals surface area contributed by atoms with Crippen LogP contribution in [-0.4, -0.2) is 12.5 Å². The van der Waals surface area contributed by atoms with Gasteiger partial charge in [-0.15, -0.1) is 0 Å². The summed E-state index contributed by atoms with van der Waals surface area (Å²) in [5.41, 5.74) is 0.543. The van der Waals surface area contributed by atoms with Crippen molar-refractivity contribution in [2.24, 2.45) is 0 Å². The molecule has 0 fully saturated rings. The van der Waals surface area contributed by atoms with Gasteiger partial charge < -0.3 is 10.6 Å². The number of carbonyl (C=O) groups excluding carboxylic acids is 1. The molecule has 0 unspecified atom stereocenters. The molecule has 0 atom stereocenters. The van der Waals surface area contributed by atoms with Crippen LogP contribution in [-0.2, 0) is 4.79 Å². The van der Waals surface area contributed by atoms with E-state index in [1.807, 2.05) is 0 Å². The van der Waals surface area contributed by atoms with Gasteiger partial charge in [0.25, 0.3) is 0 Å². The maximum Gasteiger partial charge on any atom is 0.243 e. The van der Waals surface area contributed by atoms with Gasteiger partial charge in [0.2, 0.25) is 5.91 Å². The first-order chi connectivity index (χ1) is 10.1. The smallest absolute Gasteiger partial charge is 0.243 e. The number of amides is 1. The molecule has 0 aromatic heterocycles. The number of nitrogens with zero attached hydrogens (tertiary/aromatic N) is 1. The molecule has 2 aromatic rings. The van der Waals surface area contributed by atoms with Crippen LogP contribution in [0.2, 0.25) is 0 Å². The topological polar surface area (TPSA) is 64.9 Å². The van der Waals surface area contributed by atoms with Crippen LogP contribution < -0.4 is 10.6 Å². The Kier molecular flexibility index (Phi) is 4.46. The van der Waals surface area contributed by atoms with Gasteiger partial charge in [0.15, 0.2) is 0 Å². The third-order valence-corrected chi connectivity index (χ3v) is 2.69. The molecule has 1 amide bonds. The number of hydrogen-bond donors (Lipinski definition) is 2. The Morgan fingerprint density at radius 3 is 2.52 bits per heavy atom. The fourth-order valence-corrected chi connectivity index (χ4v) is 1.70. The van der Waals surface area contributed by atoms with Crippen molar-refractivity contribution >= 4 is 17.3 Å². The lowest BCUT2D eigenvalue weighted by molar-refractivity contribution is -0.114. The Morgan fingerprint density at radius 2 is 1.86 bits per heavy atom. The lowest BCUT2D eigenvalue weighted by atomic mass is 10.2. The molecule has 2 N–H and O–H groups in total. The summed E-state index contributed by atoms with van der Waals surface area (Å²) in [4.78, 5) is 11.7. The van der Waals surface area contributed by atoms with Crippen molar-refractivity contribution in [1.82, 2.24) is 0 Å². The highest BCUT2D eigenvalue weighted by Crippen LogP contribution is 2.17. The summed E-state index contributed by atoms with van der Waals surface area (Å²) in [5, 5.41) is 14.1. The molecule has 0 aliphatic carbocycles. The number of hydrogen-bond acceptors (Lipinski definition) is 3. The van der Waals surface area contributed by atoms with Gasteiger partial charge in [-0.1, -0.05) is 6.07 Å². The molecule has 6 heteroatoms. The zero-order valence-corrected chi connectivity index (χ0v) is 10.9. The predicted octanol–water partition coefficient (Wildman–Crippen LogP) is 2.89. The molecule has 0 aliphatic rings. The molecule has 0 spiro atoms. The first-order valence-corrected chi connectivity index (χ1v) is 6.08. The highest BCUT2D eigenvalue weighted by Gasteiger charge is 2.09. The Labute approximate surface area is 120 Å². The van der Waals surface area contributed by atoms with Crippen LogP contribution >= 0.6 is 0 Å². The monoisotopic (exact) mass is 287 g/mol. The molecule has 0 aliphatic heterocycles. The molecule has 4 nitrogen and oxygen atoms in total. The highest BCUT2D eigenvalue weighted by atomic mass is 19.1. The average Bonchev–Trinajstić information content (AvgIpc) is 2.47. The predicted molar refractivity (Wildman–Crippen MR) is 74.6 cm³/mol. The van der Waals surface area contributed by atoms with Crippen molar-refractivity contribution in [3.63, 3.8) is 0 Å². The molecular weight excluding hydrogens is 276 g/mol. The summed E-state index contributed by atoms with van der Waals surface area (Å²) in [5.74, 6) is -1.44. The van der Waals surface area contributed by atoms with E-state index < -0.39 is 17.5 Å². The van der Waals surface area contributed by atoms with Crippen LogP contribution in [0.15, 0.2) is 42.5 Å². The van der Waals surface area contributed by atoms with Crippen LogP contribution in [0.1, 0.15) is 5.56 Å². The van der Waals surface area contributed by atoms with E-state index >= 15 is 0 Å². The number of halogens is 2. The van der Waals surface area contributed by atoms with Crippen LogP contribution in [0.25, 0.3) is 0 Å². The summed E-state index contributed by atoms with van der Waals surface area (Å²) >= 11 is 0. The van der Waals surface area contributed by atoms with Crippen molar-refractivity contribution in [2.45, 2.75) is 0 Å². The number of rotatable bonds is 4. The number of anilines is 2. The van der Waals surface area contributed by atoms with Gasteiger partial charge in [-0.25, -0.2) is 8.78 Å². The van der Waals surface area contributed by atoms with E-state index in [-0.39, 0.29) is 17.8 Å². The van der Waals surface area contributed by atoms with Gasteiger partial charge in [0.1, 0.15) is 23.3 Å². The Bertz CT molecular complexity index is 693. The standard InChI is InChI=1S/C15H11F2N3O/c16-10-4-6-11(7-5-10)20-15(21)9-19-14-3-1-2-13(17)12(14)8-18/h1-7,19H,9H2,(H,20,21). The molecule has 21 heavy (non-hydrogen) atoms. The van der Waals surface area contributed by atoms with Gasteiger partial charge in [0.05, 0.1) is 12.2 Å². The van der Waals surface area contributed by atoms with E-state index in [0.717, 1.165) is 0 Å². The Morgan fingerprint density at radius 1 is 1.14 bits per heavy atom. The van der Waals surface area contributed by atoms with Crippen molar-refractivity contribution in [3.8, 4) is 6.07 Å². The third kappa shape index (κ3) is 3.76. The Hall–Kier alpha value is -2.94. The minimum Gasteiger partial charge on any atom is -0.375 e. The SMILES string of the molecule is N#Cc1c(F)cccc1NCC(=O)Nc1ccc(F)cc1. The molecule has 0 saturated heterocycles. The van der Waals surface area contributed by atoms with Gasteiger partial charge in [-0.2, -0.15) is 5.26 Å². The van der Waals surface area contributed by atoms with Gasteiger partial charge >= 0.3 is 0 Å². The van der Waals surface area contributed by atoms with Gasteiger partial charge in [-0.05, 0) is 36.4 Å². The number of carbonyl (C=O) groups is 1. The van der Waals surface area contributed by atoms with Crippen LogP contribution in [0.5, 0.6) is 0 Å². The van der Waals surface area contributed by atoms with E-state index in [2.05, 4.69) is 10.6 Å². The molecule has 0 heterocycles. The molecule has 0 bridgehead atoms. The number of nitrogens with one attached hydrogen (secondary N) is 2. The van der Waals surface area contributed by atoms with Crippen molar-refractivity contribution in [2.75, 3.05) is 17.2 Å². The average molecular weight is 287 g/mol. The second-order valence-electron chi connectivity index (χ2n) is 4.18. The quantitative estimate of drug-likeness (QED) is 0.908. The molecule has 2 aromatic carbocycles. The Balaban J connectivity index is 1.97. The van der Waals surface area contributed by atoms with E-state index in [1.165, 1.54) is 42.5 Å². The first-order valence-electron chi connectivity index (χ1n) is 6.08. The van der Waals surface area contributed by atoms with Crippen LogP contribution in [0.3, 0.4) is 0 Å². The summed E-state index contributed by atoms with van der Waals surface area (Å²) in [6.45, 7) is -0.143. The van der Waals surface area contributed by atoms with Crippen LogP contribution in [0.4, 0.5) is 20.2 Å². The van der Waals surface area contributed by atoms with E-state index in [9.17, 15) is 13.6 Å². The third-order valence-electron chi connectivity index (χ3n) is 2.69. The largest absolute Gasteiger partial charge is 0.375 e. The maximum atomic E-state index is 13.4. The van der Waals surface area contributed by atoms with Crippen molar-refractivity contribution in [1.29, 1.82) is 5.26 Å². The maximum absolute atomic E-state index is 13.4. The fraction of sp³-hybridized carbons (Fsp3) is 0.0667. The molecule has 2 rings (SSSR count). The zero-order chi connectivity index (χ0) is 15.2. The normalized spacial score (nSPS) is 9.76.